The molecule has 0 saturated heterocycles. The molecule has 0 fully saturated rings. The Balaban J connectivity index is 2.69. The lowest BCUT2D eigenvalue weighted by Crippen LogP contribution is -2.12. The number of anilines is 1. The van der Waals surface area contributed by atoms with Gasteiger partial charge >= 0.3 is 0 Å². The lowest BCUT2D eigenvalue weighted by atomic mass is 10.2. The summed E-state index contributed by atoms with van der Waals surface area (Å²) in [5, 5.41) is 3.41. The van der Waals surface area contributed by atoms with Crippen LogP contribution in [0.2, 0.25) is 5.28 Å². The van der Waals surface area contributed by atoms with Crippen LogP contribution in [0.5, 0.6) is 0 Å². The first-order chi connectivity index (χ1) is 7.97. The molecule has 0 aliphatic rings. The Morgan fingerprint density at radius 2 is 1.82 bits per heavy atom. The fourth-order valence-electron chi connectivity index (χ4n) is 1.48. The van der Waals surface area contributed by atoms with Crippen molar-refractivity contribution in [2.45, 2.75) is 19.9 Å². The van der Waals surface area contributed by atoms with Crippen LogP contribution in [-0.2, 0) is 0 Å². The van der Waals surface area contributed by atoms with Crippen LogP contribution in [0.3, 0.4) is 0 Å². The molecule has 1 aromatic carbocycles. The number of aromatic nitrogens is 2. The van der Waals surface area contributed by atoms with Gasteiger partial charge < -0.3 is 5.32 Å². The van der Waals surface area contributed by atoms with Gasteiger partial charge in [-0.2, -0.15) is 0 Å². The second-order valence-corrected chi connectivity index (χ2v) is 4.26. The lowest BCUT2D eigenvalue weighted by molar-refractivity contribution is 0.510. The standard InChI is InChI=1S/C11H10ClF2N3/c1-5(2)15-10-6-3-7(13)8(14)4-9(6)16-11(12)17-10/h3-5H,1-2H3,(H,15,16,17). The first-order valence-corrected chi connectivity index (χ1v) is 5.44. The Morgan fingerprint density at radius 1 is 1.18 bits per heavy atom. The topological polar surface area (TPSA) is 37.8 Å². The number of rotatable bonds is 2. The van der Waals surface area contributed by atoms with Crippen LogP contribution < -0.4 is 5.32 Å². The summed E-state index contributed by atoms with van der Waals surface area (Å²) in [7, 11) is 0. The zero-order valence-corrected chi connectivity index (χ0v) is 10.0. The summed E-state index contributed by atoms with van der Waals surface area (Å²) in [6.07, 6.45) is 0. The molecule has 0 bridgehead atoms. The first-order valence-electron chi connectivity index (χ1n) is 5.06. The predicted octanol–water partition coefficient (Wildman–Crippen LogP) is 3.38. The quantitative estimate of drug-likeness (QED) is 0.838. The largest absolute Gasteiger partial charge is 0.367 e. The van der Waals surface area contributed by atoms with E-state index in [1.807, 2.05) is 13.8 Å². The molecule has 6 heteroatoms. The van der Waals surface area contributed by atoms with Crippen LogP contribution >= 0.6 is 11.6 Å². The average Bonchev–Trinajstić information content (AvgIpc) is 2.20. The van der Waals surface area contributed by atoms with Crippen molar-refractivity contribution in [2.75, 3.05) is 5.32 Å². The van der Waals surface area contributed by atoms with E-state index in [0.29, 0.717) is 11.2 Å². The summed E-state index contributed by atoms with van der Waals surface area (Å²) in [5.74, 6) is -1.49. The summed E-state index contributed by atoms with van der Waals surface area (Å²) >= 11 is 5.72. The molecule has 0 aliphatic heterocycles. The van der Waals surface area contributed by atoms with Gasteiger partial charge in [-0.15, -0.1) is 0 Å². The van der Waals surface area contributed by atoms with Crippen molar-refractivity contribution in [3.8, 4) is 0 Å². The first kappa shape index (κ1) is 12.0. The minimum Gasteiger partial charge on any atom is -0.367 e. The third kappa shape index (κ3) is 2.44. The average molecular weight is 258 g/mol. The van der Waals surface area contributed by atoms with E-state index in [0.717, 1.165) is 12.1 Å². The van der Waals surface area contributed by atoms with Gasteiger partial charge in [0.2, 0.25) is 5.28 Å². The molecule has 0 aliphatic carbocycles. The third-order valence-electron chi connectivity index (χ3n) is 2.14. The van der Waals surface area contributed by atoms with Crippen molar-refractivity contribution in [3.63, 3.8) is 0 Å². The number of nitrogens with one attached hydrogen (secondary N) is 1. The van der Waals surface area contributed by atoms with E-state index in [9.17, 15) is 8.78 Å². The number of nitrogens with zero attached hydrogens (tertiary/aromatic N) is 2. The Labute approximate surface area is 102 Å². The monoisotopic (exact) mass is 257 g/mol. The summed E-state index contributed by atoms with van der Waals surface area (Å²) in [4.78, 5) is 7.82. The second kappa shape index (κ2) is 4.41. The van der Waals surface area contributed by atoms with Gasteiger partial charge in [0.25, 0.3) is 0 Å². The molecule has 0 atom stereocenters. The van der Waals surface area contributed by atoms with E-state index >= 15 is 0 Å². The Morgan fingerprint density at radius 3 is 2.47 bits per heavy atom. The van der Waals surface area contributed by atoms with E-state index in [1.165, 1.54) is 0 Å². The molecule has 1 heterocycles. The molecule has 0 spiro atoms. The maximum absolute atomic E-state index is 13.2. The molecule has 1 N–H and O–H groups in total. The second-order valence-electron chi connectivity index (χ2n) is 3.92. The molecular formula is C11H10ClF2N3. The highest BCUT2D eigenvalue weighted by Crippen LogP contribution is 2.25. The molecule has 1 aromatic heterocycles. The summed E-state index contributed by atoms with van der Waals surface area (Å²) in [5.41, 5.74) is 0.270. The molecule has 0 radical (unpaired) electrons. The van der Waals surface area contributed by atoms with Gasteiger partial charge in [0.15, 0.2) is 11.6 Å². The number of benzene rings is 1. The van der Waals surface area contributed by atoms with Gasteiger partial charge in [-0.25, -0.2) is 18.7 Å². The zero-order valence-electron chi connectivity index (χ0n) is 9.26. The number of fused-ring (bicyclic) bond motifs is 1. The van der Waals surface area contributed by atoms with E-state index in [1.54, 1.807) is 0 Å². The molecule has 90 valence electrons. The number of hydrogen-bond acceptors (Lipinski definition) is 3. The minimum absolute atomic E-state index is 0.00772. The van der Waals surface area contributed by atoms with Gasteiger partial charge in [0.05, 0.1) is 5.52 Å². The Bertz CT molecular complexity index is 572. The summed E-state index contributed by atoms with van der Waals surface area (Å²) < 4.78 is 26.3. The van der Waals surface area contributed by atoms with Crippen LogP contribution in [0.1, 0.15) is 13.8 Å². The van der Waals surface area contributed by atoms with Crippen molar-refractivity contribution in [3.05, 3.63) is 29.1 Å². The van der Waals surface area contributed by atoms with Crippen LogP contribution in [0, 0.1) is 11.6 Å². The van der Waals surface area contributed by atoms with Crippen molar-refractivity contribution in [2.24, 2.45) is 0 Å². The van der Waals surface area contributed by atoms with Crippen LogP contribution in [0.15, 0.2) is 12.1 Å². The van der Waals surface area contributed by atoms with E-state index in [-0.39, 0.29) is 16.8 Å². The highest BCUT2D eigenvalue weighted by molar-refractivity contribution is 6.28. The number of halogens is 3. The maximum Gasteiger partial charge on any atom is 0.224 e. The van der Waals surface area contributed by atoms with E-state index in [4.69, 9.17) is 11.6 Å². The van der Waals surface area contributed by atoms with Gasteiger partial charge in [-0.3, -0.25) is 0 Å². The normalized spacial score (nSPS) is 11.2. The molecule has 17 heavy (non-hydrogen) atoms. The fraction of sp³-hybridized carbons (Fsp3) is 0.273. The summed E-state index contributed by atoms with van der Waals surface area (Å²) in [6.45, 7) is 3.81. The SMILES string of the molecule is CC(C)Nc1nc(Cl)nc2cc(F)c(F)cc12. The van der Waals surface area contributed by atoms with Crippen LogP contribution in [-0.4, -0.2) is 16.0 Å². The van der Waals surface area contributed by atoms with Gasteiger partial charge in [0, 0.05) is 17.5 Å². The smallest absolute Gasteiger partial charge is 0.224 e. The molecular weight excluding hydrogens is 248 g/mol. The third-order valence-corrected chi connectivity index (χ3v) is 2.30. The number of hydrogen-bond donors (Lipinski definition) is 1. The molecule has 0 saturated carbocycles. The van der Waals surface area contributed by atoms with Gasteiger partial charge in [0.1, 0.15) is 5.82 Å². The molecule has 0 amide bonds. The Hall–Kier alpha value is -1.49. The van der Waals surface area contributed by atoms with Crippen LogP contribution in [0.4, 0.5) is 14.6 Å². The minimum atomic E-state index is -0.956. The van der Waals surface area contributed by atoms with Crippen molar-refractivity contribution in [1.82, 2.24) is 9.97 Å². The zero-order chi connectivity index (χ0) is 12.6. The molecule has 2 rings (SSSR count). The maximum atomic E-state index is 13.2. The highest BCUT2D eigenvalue weighted by atomic mass is 35.5. The van der Waals surface area contributed by atoms with E-state index in [2.05, 4.69) is 15.3 Å². The summed E-state index contributed by atoms with van der Waals surface area (Å²) in [6, 6.07) is 2.16. The molecule has 3 nitrogen and oxygen atoms in total. The van der Waals surface area contributed by atoms with Gasteiger partial charge in [-0.05, 0) is 31.5 Å². The molecule has 0 unspecified atom stereocenters. The van der Waals surface area contributed by atoms with E-state index < -0.39 is 11.6 Å². The Kier molecular flexibility index (Phi) is 3.11. The van der Waals surface area contributed by atoms with Crippen molar-refractivity contribution in [1.29, 1.82) is 0 Å². The fourth-order valence-corrected chi connectivity index (χ4v) is 1.65. The molecule has 2 aromatic rings. The lowest BCUT2D eigenvalue weighted by Gasteiger charge is -2.11. The van der Waals surface area contributed by atoms with Gasteiger partial charge in [-0.1, -0.05) is 0 Å². The van der Waals surface area contributed by atoms with Crippen molar-refractivity contribution >= 4 is 28.3 Å². The highest BCUT2D eigenvalue weighted by Gasteiger charge is 2.11. The predicted molar refractivity (Wildman–Crippen MR) is 63.2 cm³/mol. The van der Waals surface area contributed by atoms with Crippen LogP contribution in [0.25, 0.3) is 10.9 Å². The van der Waals surface area contributed by atoms with Crippen molar-refractivity contribution < 1.29 is 8.78 Å².